The molecule has 102 valence electrons. The van der Waals surface area contributed by atoms with Crippen LogP contribution in [0.3, 0.4) is 0 Å². The van der Waals surface area contributed by atoms with Crippen molar-refractivity contribution in [1.29, 1.82) is 0 Å². The highest BCUT2D eigenvalue weighted by atomic mass is 15.1. The Hall–Kier alpha value is -2.16. The maximum Gasteiger partial charge on any atom is 0.0653 e. The summed E-state index contributed by atoms with van der Waals surface area (Å²) in [6.45, 7) is 4.38. The zero-order valence-electron chi connectivity index (χ0n) is 11.8. The summed E-state index contributed by atoms with van der Waals surface area (Å²) in [5.41, 5.74) is 4.47. The van der Waals surface area contributed by atoms with E-state index in [1.54, 1.807) is 6.20 Å². The van der Waals surface area contributed by atoms with Gasteiger partial charge in [-0.25, -0.2) is 0 Å². The van der Waals surface area contributed by atoms with E-state index >= 15 is 0 Å². The number of nitrogens with zero attached hydrogens (tertiary/aromatic N) is 3. The third kappa shape index (κ3) is 3.05. The molecule has 1 fully saturated rings. The zero-order chi connectivity index (χ0) is 13.8. The third-order valence-corrected chi connectivity index (χ3v) is 3.56. The molecule has 0 bridgehead atoms. The Kier molecular flexibility index (Phi) is 3.77. The molecule has 1 saturated heterocycles. The lowest BCUT2D eigenvalue weighted by Crippen LogP contribution is -2.17. The SMILES string of the molecule is Cc1cc(N2CCCC2)cc(/C=C/c2cccnc2)n1. The van der Waals surface area contributed by atoms with Crippen LogP contribution in [0.1, 0.15) is 29.8 Å². The summed E-state index contributed by atoms with van der Waals surface area (Å²) >= 11 is 0. The molecule has 0 radical (unpaired) electrons. The molecule has 3 nitrogen and oxygen atoms in total. The van der Waals surface area contributed by atoms with Crippen molar-refractivity contribution in [1.82, 2.24) is 9.97 Å². The summed E-state index contributed by atoms with van der Waals surface area (Å²) in [5.74, 6) is 0. The average Bonchev–Trinajstić information content (AvgIpc) is 3.00. The molecule has 0 spiro atoms. The van der Waals surface area contributed by atoms with Crippen LogP contribution in [-0.4, -0.2) is 23.1 Å². The van der Waals surface area contributed by atoms with E-state index in [0.717, 1.165) is 30.0 Å². The number of aromatic nitrogens is 2. The second kappa shape index (κ2) is 5.87. The van der Waals surface area contributed by atoms with Crippen molar-refractivity contribution in [3.63, 3.8) is 0 Å². The summed E-state index contributed by atoms with van der Waals surface area (Å²) < 4.78 is 0. The molecule has 20 heavy (non-hydrogen) atoms. The second-order valence-electron chi connectivity index (χ2n) is 5.21. The molecule has 0 aliphatic carbocycles. The van der Waals surface area contributed by atoms with E-state index in [0.29, 0.717) is 0 Å². The van der Waals surface area contributed by atoms with Gasteiger partial charge < -0.3 is 4.90 Å². The van der Waals surface area contributed by atoms with Gasteiger partial charge in [0.15, 0.2) is 0 Å². The molecule has 2 aromatic heterocycles. The van der Waals surface area contributed by atoms with Crippen LogP contribution in [0.2, 0.25) is 0 Å². The van der Waals surface area contributed by atoms with Gasteiger partial charge in [-0.2, -0.15) is 0 Å². The van der Waals surface area contributed by atoms with Crippen LogP contribution in [0.15, 0.2) is 36.7 Å². The number of anilines is 1. The fraction of sp³-hybridized carbons (Fsp3) is 0.294. The van der Waals surface area contributed by atoms with Gasteiger partial charge in [0.05, 0.1) is 5.69 Å². The maximum absolute atomic E-state index is 4.59. The van der Waals surface area contributed by atoms with Gasteiger partial charge in [0, 0.05) is 36.9 Å². The summed E-state index contributed by atoms with van der Waals surface area (Å²) in [6, 6.07) is 8.33. The first-order chi connectivity index (χ1) is 9.81. The van der Waals surface area contributed by atoms with Crippen LogP contribution in [0.5, 0.6) is 0 Å². The molecule has 0 aromatic carbocycles. The average molecular weight is 265 g/mol. The summed E-state index contributed by atoms with van der Waals surface area (Å²) in [7, 11) is 0. The molecular weight excluding hydrogens is 246 g/mol. The van der Waals surface area contributed by atoms with Crippen molar-refractivity contribution in [2.24, 2.45) is 0 Å². The highest BCUT2D eigenvalue weighted by molar-refractivity contribution is 5.69. The molecule has 3 heterocycles. The van der Waals surface area contributed by atoms with E-state index in [2.05, 4.69) is 46.1 Å². The molecule has 2 aromatic rings. The Bertz CT molecular complexity index is 599. The van der Waals surface area contributed by atoms with Gasteiger partial charge in [-0.15, -0.1) is 0 Å². The van der Waals surface area contributed by atoms with Crippen LogP contribution in [0.4, 0.5) is 5.69 Å². The lowest BCUT2D eigenvalue weighted by molar-refractivity contribution is 0.949. The summed E-state index contributed by atoms with van der Waals surface area (Å²) in [4.78, 5) is 11.1. The van der Waals surface area contributed by atoms with Crippen molar-refractivity contribution in [2.75, 3.05) is 18.0 Å². The topological polar surface area (TPSA) is 29.0 Å². The Labute approximate surface area is 120 Å². The standard InChI is InChI=1S/C17H19N3/c1-14-11-17(20-9-2-3-10-20)12-16(19-14)7-6-15-5-4-8-18-13-15/h4-8,11-13H,2-3,9-10H2,1H3/b7-6+. The number of hydrogen-bond donors (Lipinski definition) is 0. The van der Waals surface area contributed by atoms with Crippen LogP contribution < -0.4 is 4.90 Å². The normalized spacial score (nSPS) is 15.2. The predicted octanol–water partition coefficient (Wildman–Crippen LogP) is 3.56. The van der Waals surface area contributed by atoms with Gasteiger partial charge >= 0.3 is 0 Å². The van der Waals surface area contributed by atoms with Gasteiger partial charge in [0.1, 0.15) is 0 Å². The number of pyridine rings is 2. The van der Waals surface area contributed by atoms with Gasteiger partial charge in [0.25, 0.3) is 0 Å². The lowest BCUT2D eigenvalue weighted by Gasteiger charge is -2.18. The van der Waals surface area contributed by atoms with Crippen molar-refractivity contribution < 1.29 is 0 Å². The molecular formula is C17H19N3. The van der Waals surface area contributed by atoms with Crippen molar-refractivity contribution in [2.45, 2.75) is 19.8 Å². The summed E-state index contributed by atoms with van der Waals surface area (Å²) in [5, 5.41) is 0. The van der Waals surface area contributed by atoms with Crippen molar-refractivity contribution >= 4 is 17.8 Å². The summed E-state index contributed by atoms with van der Waals surface area (Å²) in [6.07, 6.45) is 10.3. The fourth-order valence-electron chi connectivity index (χ4n) is 2.57. The molecule has 1 aliphatic heterocycles. The Morgan fingerprint density at radius 2 is 2.00 bits per heavy atom. The maximum atomic E-state index is 4.59. The van der Waals surface area contributed by atoms with E-state index in [9.17, 15) is 0 Å². The predicted molar refractivity (Wildman–Crippen MR) is 83.6 cm³/mol. The number of hydrogen-bond acceptors (Lipinski definition) is 3. The minimum absolute atomic E-state index is 1.01. The quantitative estimate of drug-likeness (QED) is 0.849. The van der Waals surface area contributed by atoms with Crippen LogP contribution in [0, 0.1) is 6.92 Å². The van der Waals surface area contributed by atoms with Crippen molar-refractivity contribution in [3.8, 4) is 0 Å². The first-order valence-electron chi connectivity index (χ1n) is 7.13. The molecule has 0 unspecified atom stereocenters. The van der Waals surface area contributed by atoms with E-state index < -0.39 is 0 Å². The van der Waals surface area contributed by atoms with E-state index in [-0.39, 0.29) is 0 Å². The number of rotatable bonds is 3. The zero-order valence-corrected chi connectivity index (χ0v) is 11.8. The number of aryl methyl sites for hydroxylation is 1. The van der Waals surface area contributed by atoms with Gasteiger partial charge in [0.2, 0.25) is 0 Å². The van der Waals surface area contributed by atoms with E-state index in [1.165, 1.54) is 18.5 Å². The third-order valence-electron chi connectivity index (χ3n) is 3.56. The monoisotopic (exact) mass is 265 g/mol. The van der Waals surface area contributed by atoms with Crippen LogP contribution in [-0.2, 0) is 0 Å². The van der Waals surface area contributed by atoms with Gasteiger partial charge in [-0.05, 0) is 49.6 Å². The fourth-order valence-corrected chi connectivity index (χ4v) is 2.57. The Morgan fingerprint density at radius 3 is 2.75 bits per heavy atom. The van der Waals surface area contributed by atoms with Crippen LogP contribution >= 0.6 is 0 Å². The Balaban J connectivity index is 1.84. The minimum atomic E-state index is 1.01. The molecule has 0 amide bonds. The second-order valence-corrected chi connectivity index (χ2v) is 5.21. The highest BCUT2D eigenvalue weighted by Crippen LogP contribution is 2.22. The largest absolute Gasteiger partial charge is 0.371 e. The van der Waals surface area contributed by atoms with Crippen molar-refractivity contribution in [3.05, 3.63) is 53.6 Å². The van der Waals surface area contributed by atoms with Gasteiger partial charge in [-0.1, -0.05) is 12.1 Å². The molecule has 0 saturated carbocycles. The Morgan fingerprint density at radius 1 is 1.15 bits per heavy atom. The first-order valence-corrected chi connectivity index (χ1v) is 7.13. The molecule has 0 atom stereocenters. The molecule has 0 N–H and O–H groups in total. The van der Waals surface area contributed by atoms with E-state index in [4.69, 9.17) is 0 Å². The van der Waals surface area contributed by atoms with Gasteiger partial charge in [-0.3, -0.25) is 9.97 Å². The molecule has 3 heteroatoms. The first kappa shape index (κ1) is 12.9. The minimum Gasteiger partial charge on any atom is -0.371 e. The highest BCUT2D eigenvalue weighted by Gasteiger charge is 2.13. The van der Waals surface area contributed by atoms with E-state index in [1.807, 2.05) is 18.3 Å². The van der Waals surface area contributed by atoms with Crippen LogP contribution in [0.25, 0.3) is 12.2 Å². The molecule has 1 aliphatic rings. The smallest absolute Gasteiger partial charge is 0.0653 e. The molecule has 3 rings (SSSR count). The lowest BCUT2D eigenvalue weighted by atomic mass is 10.2.